The summed E-state index contributed by atoms with van der Waals surface area (Å²) in [5.41, 5.74) is -0.126. The molecule has 0 saturated carbocycles. The molecular weight excluding hydrogens is 228 g/mol. The van der Waals surface area contributed by atoms with E-state index in [4.69, 9.17) is 0 Å². The van der Waals surface area contributed by atoms with Crippen LogP contribution in [0.1, 0.15) is 47.5 Å². The molecule has 0 aromatic carbocycles. The van der Waals surface area contributed by atoms with Crippen LogP contribution in [0.25, 0.3) is 0 Å². The molecule has 4 nitrogen and oxygen atoms in total. The van der Waals surface area contributed by atoms with Crippen molar-refractivity contribution in [3.63, 3.8) is 0 Å². The van der Waals surface area contributed by atoms with Gasteiger partial charge in [0, 0.05) is 22.9 Å². The van der Waals surface area contributed by atoms with Crippen molar-refractivity contribution < 1.29 is 9.59 Å². The van der Waals surface area contributed by atoms with Crippen molar-refractivity contribution >= 4 is 11.8 Å². The summed E-state index contributed by atoms with van der Waals surface area (Å²) in [6.07, 6.45) is 3.46. The summed E-state index contributed by atoms with van der Waals surface area (Å²) in [5.74, 6) is 0.131. The number of amides is 2. The van der Waals surface area contributed by atoms with Crippen LogP contribution < -0.4 is 10.6 Å². The van der Waals surface area contributed by atoms with Gasteiger partial charge in [0.2, 0.25) is 11.8 Å². The normalized spacial score (nSPS) is 35.7. The number of carbonyl (C=O) groups excluding carboxylic acids is 2. The number of rotatable bonds is 1. The predicted molar refractivity (Wildman–Crippen MR) is 69.6 cm³/mol. The monoisotopic (exact) mass is 250 g/mol. The van der Waals surface area contributed by atoms with Gasteiger partial charge in [-0.15, -0.1) is 0 Å². The van der Waals surface area contributed by atoms with E-state index in [2.05, 4.69) is 10.6 Å². The number of carbonyl (C=O) groups is 2. The van der Waals surface area contributed by atoms with E-state index in [-0.39, 0.29) is 28.2 Å². The summed E-state index contributed by atoms with van der Waals surface area (Å²) in [5, 5.41) is 5.93. The first-order valence-corrected chi connectivity index (χ1v) is 6.40. The topological polar surface area (TPSA) is 58.2 Å². The third-order valence-electron chi connectivity index (χ3n) is 3.84. The van der Waals surface area contributed by atoms with Crippen LogP contribution in [0.15, 0.2) is 11.8 Å². The van der Waals surface area contributed by atoms with Crippen LogP contribution in [0.4, 0.5) is 0 Å². The van der Waals surface area contributed by atoms with Gasteiger partial charge in [0.15, 0.2) is 0 Å². The molecule has 0 bridgehead atoms. The van der Waals surface area contributed by atoms with Gasteiger partial charge in [0.05, 0.1) is 5.54 Å². The highest BCUT2D eigenvalue weighted by molar-refractivity contribution is 5.87. The molecule has 0 spiro atoms. The van der Waals surface area contributed by atoms with Crippen LogP contribution >= 0.6 is 0 Å². The number of hydrogen-bond donors (Lipinski definition) is 2. The standard InChI is InChI=1S/C14H22N2O2/c1-12(2)6-9(15-10(12)17)7-14(5)8-13(3,4)11(18)16-14/h7H,6,8H2,1-5H3,(H,15,17)(H,16,18)/b9-7-. The van der Waals surface area contributed by atoms with Gasteiger partial charge in [-0.05, 0) is 19.4 Å². The van der Waals surface area contributed by atoms with Crippen LogP contribution in [0.2, 0.25) is 0 Å². The van der Waals surface area contributed by atoms with Crippen LogP contribution in [0.3, 0.4) is 0 Å². The molecule has 18 heavy (non-hydrogen) atoms. The molecule has 2 heterocycles. The minimum Gasteiger partial charge on any atom is -0.347 e. The Labute approximate surface area is 108 Å². The molecule has 2 aliphatic heterocycles. The van der Waals surface area contributed by atoms with E-state index >= 15 is 0 Å². The van der Waals surface area contributed by atoms with Crippen molar-refractivity contribution in [2.24, 2.45) is 10.8 Å². The Morgan fingerprint density at radius 1 is 1.00 bits per heavy atom. The number of allylic oxidation sites excluding steroid dienone is 1. The van der Waals surface area contributed by atoms with Crippen LogP contribution in [0.5, 0.6) is 0 Å². The molecule has 100 valence electrons. The lowest BCUT2D eigenvalue weighted by Gasteiger charge is -2.21. The fraction of sp³-hybridized carbons (Fsp3) is 0.714. The summed E-state index contributed by atoms with van der Waals surface area (Å²) in [6, 6.07) is 0. The average molecular weight is 250 g/mol. The van der Waals surface area contributed by atoms with E-state index in [0.717, 1.165) is 12.1 Å². The molecule has 0 aliphatic carbocycles. The highest BCUT2D eigenvalue weighted by Gasteiger charge is 2.46. The molecule has 1 unspecified atom stereocenters. The van der Waals surface area contributed by atoms with Gasteiger partial charge in [-0.1, -0.05) is 27.7 Å². The molecule has 2 amide bonds. The van der Waals surface area contributed by atoms with Crippen LogP contribution in [-0.4, -0.2) is 17.4 Å². The molecule has 0 aromatic rings. The molecule has 2 N–H and O–H groups in total. The van der Waals surface area contributed by atoms with E-state index in [1.54, 1.807) is 0 Å². The lowest BCUT2D eigenvalue weighted by atomic mass is 9.83. The van der Waals surface area contributed by atoms with E-state index in [0.29, 0.717) is 6.42 Å². The maximum Gasteiger partial charge on any atom is 0.230 e. The van der Waals surface area contributed by atoms with E-state index in [1.807, 2.05) is 40.7 Å². The van der Waals surface area contributed by atoms with Gasteiger partial charge >= 0.3 is 0 Å². The zero-order valence-electron chi connectivity index (χ0n) is 11.8. The molecule has 2 aliphatic rings. The van der Waals surface area contributed by atoms with Crippen LogP contribution in [-0.2, 0) is 9.59 Å². The molecule has 0 aromatic heterocycles. The second-order valence-corrected chi connectivity index (χ2v) is 7.12. The zero-order chi connectivity index (χ0) is 13.8. The summed E-state index contributed by atoms with van der Waals surface area (Å²) in [7, 11) is 0. The largest absolute Gasteiger partial charge is 0.347 e. The second kappa shape index (κ2) is 3.59. The van der Waals surface area contributed by atoms with Gasteiger partial charge < -0.3 is 10.6 Å². The summed E-state index contributed by atoms with van der Waals surface area (Å²) in [6.45, 7) is 9.77. The third kappa shape index (κ3) is 2.16. The first kappa shape index (κ1) is 13.1. The maximum absolute atomic E-state index is 11.8. The quantitative estimate of drug-likeness (QED) is 0.744. The Morgan fingerprint density at radius 2 is 1.61 bits per heavy atom. The molecule has 2 fully saturated rings. The molecule has 4 heteroatoms. The van der Waals surface area contributed by atoms with Gasteiger partial charge in [-0.25, -0.2) is 0 Å². The minimum atomic E-state index is -0.358. The highest BCUT2D eigenvalue weighted by atomic mass is 16.2. The van der Waals surface area contributed by atoms with Crippen molar-refractivity contribution in [1.82, 2.24) is 10.6 Å². The summed E-state index contributed by atoms with van der Waals surface area (Å²) < 4.78 is 0. The summed E-state index contributed by atoms with van der Waals surface area (Å²) >= 11 is 0. The predicted octanol–water partition coefficient (Wildman–Crippen LogP) is 1.72. The first-order chi connectivity index (χ1) is 8.04. The second-order valence-electron chi connectivity index (χ2n) is 7.12. The zero-order valence-corrected chi connectivity index (χ0v) is 11.8. The molecule has 2 saturated heterocycles. The fourth-order valence-electron chi connectivity index (χ4n) is 2.95. The van der Waals surface area contributed by atoms with Gasteiger partial charge in [0.25, 0.3) is 0 Å². The van der Waals surface area contributed by atoms with Crippen molar-refractivity contribution in [1.29, 1.82) is 0 Å². The Hall–Kier alpha value is -1.32. The molecule has 0 radical (unpaired) electrons. The van der Waals surface area contributed by atoms with Crippen molar-refractivity contribution in [2.45, 2.75) is 53.0 Å². The number of nitrogens with one attached hydrogen (secondary N) is 2. The molecule has 1 atom stereocenters. The minimum absolute atomic E-state index is 0.0564. The van der Waals surface area contributed by atoms with Crippen LogP contribution in [0, 0.1) is 10.8 Å². The first-order valence-electron chi connectivity index (χ1n) is 6.40. The van der Waals surface area contributed by atoms with E-state index in [1.165, 1.54) is 0 Å². The average Bonchev–Trinajstić information content (AvgIpc) is 2.47. The fourth-order valence-corrected chi connectivity index (χ4v) is 2.95. The third-order valence-corrected chi connectivity index (χ3v) is 3.84. The lowest BCUT2D eigenvalue weighted by Crippen LogP contribution is -2.37. The molecule has 2 rings (SSSR count). The molecular formula is C14H22N2O2. The van der Waals surface area contributed by atoms with Gasteiger partial charge in [0.1, 0.15) is 0 Å². The van der Waals surface area contributed by atoms with Gasteiger partial charge in [-0.2, -0.15) is 0 Å². The maximum atomic E-state index is 11.8. The lowest BCUT2D eigenvalue weighted by molar-refractivity contribution is -0.126. The Kier molecular flexibility index (Phi) is 2.62. The SMILES string of the molecule is CC1(/C=C2/CC(C)(C)C(=O)N2)CC(C)(C)C(=O)N1. The van der Waals surface area contributed by atoms with Gasteiger partial charge in [-0.3, -0.25) is 9.59 Å². The van der Waals surface area contributed by atoms with E-state index < -0.39 is 0 Å². The van der Waals surface area contributed by atoms with Crippen molar-refractivity contribution in [3.05, 3.63) is 11.8 Å². The van der Waals surface area contributed by atoms with E-state index in [9.17, 15) is 9.59 Å². The number of hydrogen-bond acceptors (Lipinski definition) is 2. The summed E-state index contributed by atoms with van der Waals surface area (Å²) in [4.78, 5) is 23.6. The highest BCUT2D eigenvalue weighted by Crippen LogP contribution is 2.38. The van der Waals surface area contributed by atoms with Crippen molar-refractivity contribution in [3.8, 4) is 0 Å². The Morgan fingerprint density at radius 3 is 2.00 bits per heavy atom. The Bertz CT molecular complexity index is 449. The Balaban J connectivity index is 2.21. The van der Waals surface area contributed by atoms with Crippen molar-refractivity contribution in [2.75, 3.05) is 0 Å². The smallest absolute Gasteiger partial charge is 0.230 e.